The fraction of sp³-hybridized carbons (Fsp3) is 0.240. The Morgan fingerprint density at radius 3 is 2.59 bits per heavy atom. The van der Waals surface area contributed by atoms with Crippen molar-refractivity contribution < 1.29 is 17.9 Å². The molecule has 0 radical (unpaired) electrons. The zero-order valence-electron chi connectivity index (χ0n) is 17.9. The van der Waals surface area contributed by atoms with E-state index in [-0.39, 0.29) is 6.61 Å². The minimum Gasteiger partial charge on any atom is -0.445 e. The summed E-state index contributed by atoms with van der Waals surface area (Å²) in [7, 11) is -3.68. The van der Waals surface area contributed by atoms with Gasteiger partial charge in [0, 0.05) is 18.1 Å². The van der Waals surface area contributed by atoms with Crippen LogP contribution in [0.5, 0.6) is 0 Å². The van der Waals surface area contributed by atoms with Gasteiger partial charge in [-0.05, 0) is 37.0 Å². The fourth-order valence-corrected chi connectivity index (χ4v) is 5.50. The predicted molar refractivity (Wildman–Crippen MR) is 126 cm³/mol. The molecule has 1 aliphatic rings. The van der Waals surface area contributed by atoms with Crippen molar-refractivity contribution in [2.75, 3.05) is 6.54 Å². The van der Waals surface area contributed by atoms with E-state index in [0.717, 1.165) is 16.5 Å². The summed E-state index contributed by atoms with van der Waals surface area (Å²) >= 11 is 0. The molecule has 7 heteroatoms. The summed E-state index contributed by atoms with van der Waals surface area (Å²) in [6, 6.07) is 16.9. The van der Waals surface area contributed by atoms with Gasteiger partial charge in [-0.2, -0.15) is 0 Å². The molecule has 1 unspecified atom stereocenters. The van der Waals surface area contributed by atoms with Gasteiger partial charge in [-0.3, -0.25) is 0 Å². The maximum atomic E-state index is 13.5. The fourth-order valence-electron chi connectivity index (χ4n) is 3.81. The lowest BCUT2D eigenvalue weighted by Gasteiger charge is -2.27. The molecule has 1 atom stereocenters. The van der Waals surface area contributed by atoms with E-state index in [1.807, 2.05) is 66.7 Å². The number of hydrogen-bond acceptors (Lipinski definition) is 4. The van der Waals surface area contributed by atoms with E-state index in [1.165, 1.54) is 3.97 Å². The summed E-state index contributed by atoms with van der Waals surface area (Å²) in [4.78, 5) is 12.0. The highest BCUT2D eigenvalue weighted by molar-refractivity contribution is 7.91. The van der Waals surface area contributed by atoms with Crippen molar-refractivity contribution in [1.82, 2.24) is 9.29 Å². The van der Waals surface area contributed by atoms with Crippen molar-refractivity contribution in [1.29, 1.82) is 0 Å². The molecule has 1 aliphatic carbocycles. The van der Waals surface area contributed by atoms with Gasteiger partial charge < -0.3 is 10.1 Å². The van der Waals surface area contributed by atoms with Crippen molar-refractivity contribution in [2.45, 2.75) is 31.1 Å². The normalized spacial score (nSPS) is 18.0. The molecule has 1 heterocycles. The van der Waals surface area contributed by atoms with Gasteiger partial charge in [-0.15, -0.1) is 0 Å². The third-order valence-electron chi connectivity index (χ3n) is 5.70. The first kappa shape index (κ1) is 21.9. The maximum absolute atomic E-state index is 13.5. The molecule has 32 heavy (non-hydrogen) atoms. The molecule has 0 spiro atoms. The number of nitrogens with one attached hydrogen (secondary N) is 1. The molecule has 2 aromatic carbocycles. The average Bonchev–Trinajstić information content (AvgIpc) is 3.18. The van der Waals surface area contributed by atoms with Crippen LogP contribution in [-0.2, 0) is 27.8 Å². The van der Waals surface area contributed by atoms with Gasteiger partial charge in [-0.1, -0.05) is 72.8 Å². The van der Waals surface area contributed by atoms with E-state index in [1.54, 1.807) is 25.3 Å². The lowest BCUT2D eigenvalue weighted by Crippen LogP contribution is -2.37. The number of benzene rings is 2. The van der Waals surface area contributed by atoms with Gasteiger partial charge in [0.15, 0.2) is 0 Å². The van der Waals surface area contributed by atoms with E-state index in [4.69, 9.17) is 4.74 Å². The molecule has 0 bridgehead atoms. The van der Waals surface area contributed by atoms with Gasteiger partial charge in [-0.25, -0.2) is 17.2 Å². The molecular weight excluding hydrogens is 424 g/mol. The summed E-state index contributed by atoms with van der Waals surface area (Å²) in [6.45, 7) is 2.27. The van der Waals surface area contributed by atoms with Gasteiger partial charge in [0.1, 0.15) is 11.4 Å². The van der Waals surface area contributed by atoms with Crippen LogP contribution >= 0.6 is 0 Å². The number of para-hydroxylation sites is 1. The Bertz CT molecular complexity index is 1280. The molecule has 0 aliphatic heterocycles. The second-order valence-electron chi connectivity index (χ2n) is 8.01. The number of allylic oxidation sites excluding steroid dienone is 3. The number of fused-ring (bicyclic) bond motifs is 1. The molecule has 6 nitrogen and oxygen atoms in total. The predicted octanol–water partition coefficient (Wildman–Crippen LogP) is 4.56. The number of carbonyl (C=O) groups is 1. The van der Waals surface area contributed by atoms with Gasteiger partial charge in [0.05, 0.1) is 5.52 Å². The minimum atomic E-state index is -3.68. The van der Waals surface area contributed by atoms with Crippen molar-refractivity contribution in [3.63, 3.8) is 0 Å². The summed E-state index contributed by atoms with van der Waals surface area (Å²) in [5, 5.41) is 3.60. The number of rotatable bonds is 7. The summed E-state index contributed by atoms with van der Waals surface area (Å²) in [5.74, 6) is 0. The van der Waals surface area contributed by atoms with E-state index >= 15 is 0 Å². The van der Waals surface area contributed by atoms with Crippen molar-refractivity contribution in [3.8, 4) is 0 Å². The van der Waals surface area contributed by atoms with Gasteiger partial charge >= 0.3 is 6.09 Å². The van der Waals surface area contributed by atoms with Crippen LogP contribution in [0.4, 0.5) is 4.79 Å². The maximum Gasteiger partial charge on any atom is 0.407 e. The largest absolute Gasteiger partial charge is 0.445 e. The Hall–Kier alpha value is -3.32. The number of alkyl carbamates (subject to hydrolysis) is 1. The monoisotopic (exact) mass is 450 g/mol. The van der Waals surface area contributed by atoms with Crippen LogP contribution in [0.1, 0.15) is 24.5 Å². The number of nitrogens with zero attached hydrogens (tertiary/aromatic N) is 1. The molecule has 3 aromatic rings. The van der Waals surface area contributed by atoms with Crippen LogP contribution in [0.25, 0.3) is 10.9 Å². The number of ether oxygens (including phenoxy) is 1. The van der Waals surface area contributed by atoms with Gasteiger partial charge in [0.25, 0.3) is 0 Å². The third-order valence-corrected chi connectivity index (χ3v) is 8.01. The quantitative estimate of drug-likeness (QED) is 0.572. The molecule has 1 aromatic heterocycles. The van der Waals surface area contributed by atoms with Crippen molar-refractivity contribution >= 4 is 27.0 Å². The first-order chi connectivity index (χ1) is 15.4. The van der Waals surface area contributed by atoms with Crippen LogP contribution in [-0.4, -0.2) is 29.8 Å². The highest BCUT2D eigenvalue weighted by Crippen LogP contribution is 2.32. The van der Waals surface area contributed by atoms with Crippen LogP contribution in [0.2, 0.25) is 0 Å². The highest BCUT2D eigenvalue weighted by atomic mass is 32.2. The first-order valence-corrected chi connectivity index (χ1v) is 12.0. The van der Waals surface area contributed by atoms with Crippen molar-refractivity contribution in [2.24, 2.45) is 0 Å². The van der Waals surface area contributed by atoms with E-state index in [2.05, 4.69) is 5.32 Å². The number of carbonyl (C=O) groups excluding carboxylic acids is 1. The van der Waals surface area contributed by atoms with Crippen LogP contribution in [0.3, 0.4) is 0 Å². The molecular formula is C25H26N2O4S. The Labute approximate surface area is 188 Å². The number of hydrogen-bond donors (Lipinski definition) is 1. The van der Waals surface area contributed by atoms with Crippen LogP contribution in [0.15, 0.2) is 85.1 Å². The summed E-state index contributed by atoms with van der Waals surface area (Å²) in [6.07, 6.45) is 9.32. The Balaban J connectivity index is 1.48. The minimum absolute atomic E-state index is 0.199. The third kappa shape index (κ3) is 4.34. The lowest BCUT2D eigenvalue weighted by atomic mass is 10.0. The zero-order chi connectivity index (χ0) is 22.6. The molecule has 1 amide bonds. The standard InChI is InChI=1S/C25H26N2O4S/c1-25(15-8-3-9-16-25)32(29,30)27-18-21(22-12-6-7-13-23(22)27)14-17-26-24(28)31-19-20-10-4-2-5-11-20/h2-13,15,18H,14,16-17,19H2,1H3,(H,26,28). The molecule has 0 saturated carbocycles. The Morgan fingerprint density at radius 2 is 1.84 bits per heavy atom. The van der Waals surface area contributed by atoms with Crippen LogP contribution < -0.4 is 5.32 Å². The second kappa shape index (κ2) is 9.04. The smallest absolute Gasteiger partial charge is 0.407 e. The summed E-state index contributed by atoms with van der Waals surface area (Å²) in [5.41, 5.74) is 2.40. The molecule has 1 N–H and O–H groups in total. The first-order valence-electron chi connectivity index (χ1n) is 10.5. The van der Waals surface area contributed by atoms with E-state index < -0.39 is 20.9 Å². The molecule has 166 valence electrons. The Morgan fingerprint density at radius 1 is 1.09 bits per heavy atom. The Kier molecular flexibility index (Phi) is 6.19. The zero-order valence-corrected chi connectivity index (χ0v) is 18.7. The van der Waals surface area contributed by atoms with Gasteiger partial charge in [0.2, 0.25) is 10.0 Å². The summed E-state index contributed by atoms with van der Waals surface area (Å²) < 4.78 is 32.7. The lowest BCUT2D eigenvalue weighted by molar-refractivity contribution is 0.140. The average molecular weight is 451 g/mol. The molecule has 0 fully saturated rings. The molecule has 4 rings (SSSR count). The number of amides is 1. The van der Waals surface area contributed by atoms with Crippen LogP contribution in [0, 0.1) is 0 Å². The highest BCUT2D eigenvalue weighted by Gasteiger charge is 2.38. The van der Waals surface area contributed by atoms with E-state index in [9.17, 15) is 13.2 Å². The van der Waals surface area contributed by atoms with Crippen molar-refractivity contribution in [3.05, 3.63) is 96.2 Å². The topological polar surface area (TPSA) is 77.4 Å². The second-order valence-corrected chi connectivity index (χ2v) is 10.3. The number of aromatic nitrogens is 1. The SMILES string of the molecule is CC1(S(=O)(=O)n2cc(CCNC(=O)OCc3ccccc3)c3ccccc32)C=CC=CC1. The van der Waals surface area contributed by atoms with E-state index in [0.29, 0.717) is 24.9 Å². The molecule has 0 saturated heterocycles.